The van der Waals surface area contributed by atoms with Crippen molar-refractivity contribution in [3.05, 3.63) is 41.8 Å². The van der Waals surface area contributed by atoms with Gasteiger partial charge < -0.3 is 5.32 Å². The highest BCUT2D eigenvalue weighted by Gasteiger charge is 2.32. The molecule has 0 saturated carbocycles. The summed E-state index contributed by atoms with van der Waals surface area (Å²) in [5, 5.41) is 3.70. The molecule has 0 aromatic rings. The van der Waals surface area contributed by atoms with Crippen LogP contribution in [0.4, 0.5) is 0 Å². The lowest BCUT2D eigenvalue weighted by atomic mass is 9.80. The van der Waals surface area contributed by atoms with Crippen LogP contribution in [-0.4, -0.2) is 5.54 Å². The normalized spacial score (nSPS) is 17.4. The predicted molar refractivity (Wildman–Crippen MR) is 105 cm³/mol. The second kappa shape index (κ2) is 9.18. The third-order valence-electron chi connectivity index (χ3n) is 5.67. The second-order valence-electron chi connectivity index (χ2n) is 7.74. The van der Waals surface area contributed by atoms with Gasteiger partial charge in [0, 0.05) is 11.6 Å². The SMILES string of the molecule is C=C=C(C)C(C)(NC(=C)C(C)C(/C=C(\C)C(C)C)CC)C(C)C. The lowest BCUT2D eigenvalue weighted by Gasteiger charge is -2.39. The molecule has 0 aromatic carbocycles. The van der Waals surface area contributed by atoms with Crippen molar-refractivity contribution in [2.75, 3.05) is 0 Å². The van der Waals surface area contributed by atoms with E-state index in [1.807, 2.05) is 0 Å². The third kappa shape index (κ3) is 5.74. The Morgan fingerprint density at radius 1 is 1.17 bits per heavy atom. The monoisotopic (exact) mass is 317 g/mol. The molecule has 0 saturated heterocycles. The minimum atomic E-state index is -0.151. The van der Waals surface area contributed by atoms with Gasteiger partial charge in [-0.2, -0.15) is 0 Å². The topological polar surface area (TPSA) is 12.0 Å². The fraction of sp³-hybridized carbons (Fsp3) is 0.682. The van der Waals surface area contributed by atoms with Crippen LogP contribution in [0, 0.1) is 23.7 Å². The number of hydrogen-bond donors (Lipinski definition) is 1. The summed E-state index contributed by atoms with van der Waals surface area (Å²) in [4.78, 5) is 0. The summed E-state index contributed by atoms with van der Waals surface area (Å²) in [6.45, 7) is 28.2. The first-order valence-corrected chi connectivity index (χ1v) is 9.03. The van der Waals surface area contributed by atoms with Crippen LogP contribution >= 0.6 is 0 Å². The zero-order valence-electron chi connectivity index (χ0n) is 17.0. The molecule has 1 nitrogen and oxygen atoms in total. The van der Waals surface area contributed by atoms with Gasteiger partial charge in [-0.3, -0.25) is 0 Å². The van der Waals surface area contributed by atoms with Crippen molar-refractivity contribution in [3.63, 3.8) is 0 Å². The van der Waals surface area contributed by atoms with Crippen molar-refractivity contribution in [2.24, 2.45) is 23.7 Å². The molecule has 0 aliphatic rings. The summed E-state index contributed by atoms with van der Waals surface area (Å²) < 4.78 is 0. The van der Waals surface area contributed by atoms with Gasteiger partial charge in [0.05, 0.1) is 5.54 Å². The average molecular weight is 318 g/mol. The molecule has 1 heteroatoms. The van der Waals surface area contributed by atoms with Gasteiger partial charge in [0.1, 0.15) is 0 Å². The van der Waals surface area contributed by atoms with Crippen molar-refractivity contribution < 1.29 is 0 Å². The minimum absolute atomic E-state index is 0.151. The summed E-state index contributed by atoms with van der Waals surface area (Å²) in [5.41, 5.74) is 6.63. The van der Waals surface area contributed by atoms with E-state index in [0.29, 0.717) is 23.7 Å². The van der Waals surface area contributed by atoms with Crippen LogP contribution in [0.3, 0.4) is 0 Å². The second-order valence-corrected chi connectivity index (χ2v) is 7.74. The van der Waals surface area contributed by atoms with Gasteiger partial charge in [-0.15, -0.1) is 5.73 Å². The molecule has 0 aliphatic carbocycles. The molecular formula is C22H39N. The average Bonchev–Trinajstić information content (AvgIpc) is 2.49. The van der Waals surface area contributed by atoms with Crippen LogP contribution in [0.15, 0.2) is 41.8 Å². The summed E-state index contributed by atoms with van der Waals surface area (Å²) in [6.07, 6.45) is 3.56. The van der Waals surface area contributed by atoms with E-state index in [9.17, 15) is 0 Å². The van der Waals surface area contributed by atoms with E-state index in [-0.39, 0.29) is 5.54 Å². The Bertz CT molecular complexity index is 474. The Labute approximate surface area is 145 Å². The smallest absolute Gasteiger partial charge is 0.0647 e. The summed E-state index contributed by atoms with van der Waals surface area (Å²) in [6, 6.07) is 0. The molecule has 0 radical (unpaired) electrons. The largest absolute Gasteiger partial charge is 0.379 e. The highest BCUT2D eigenvalue weighted by molar-refractivity contribution is 5.21. The molecule has 3 atom stereocenters. The maximum Gasteiger partial charge on any atom is 0.0647 e. The van der Waals surface area contributed by atoms with E-state index in [4.69, 9.17) is 0 Å². The quantitative estimate of drug-likeness (QED) is 0.378. The predicted octanol–water partition coefficient (Wildman–Crippen LogP) is 6.50. The fourth-order valence-electron chi connectivity index (χ4n) is 2.71. The summed E-state index contributed by atoms with van der Waals surface area (Å²) in [7, 11) is 0. The lowest BCUT2D eigenvalue weighted by molar-refractivity contribution is 0.310. The van der Waals surface area contributed by atoms with Crippen LogP contribution in [-0.2, 0) is 0 Å². The molecule has 0 spiro atoms. The first-order valence-electron chi connectivity index (χ1n) is 9.03. The molecule has 0 aromatic heterocycles. The Morgan fingerprint density at radius 3 is 2.04 bits per heavy atom. The van der Waals surface area contributed by atoms with Gasteiger partial charge in [0.2, 0.25) is 0 Å². The van der Waals surface area contributed by atoms with Crippen molar-refractivity contribution in [1.82, 2.24) is 5.32 Å². The number of rotatable bonds is 9. The van der Waals surface area contributed by atoms with Crippen LogP contribution in [0.5, 0.6) is 0 Å². The Hall–Kier alpha value is -1.20. The minimum Gasteiger partial charge on any atom is -0.379 e. The molecular weight excluding hydrogens is 278 g/mol. The van der Waals surface area contributed by atoms with E-state index < -0.39 is 0 Å². The van der Waals surface area contributed by atoms with E-state index in [1.54, 1.807) is 0 Å². The van der Waals surface area contributed by atoms with Gasteiger partial charge in [0.25, 0.3) is 0 Å². The van der Waals surface area contributed by atoms with E-state index >= 15 is 0 Å². The molecule has 0 rings (SSSR count). The van der Waals surface area contributed by atoms with Crippen LogP contribution in [0.2, 0.25) is 0 Å². The highest BCUT2D eigenvalue weighted by atomic mass is 15.0. The summed E-state index contributed by atoms with van der Waals surface area (Å²) >= 11 is 0. The molecule has 1 N–H and O–H groups in total. The molecule has 0 heterocycles. The summed E-state index contributed by atoms with van der Waals surface area (Å²) in [5.74, 6) is 1.95. The van der Waals surface area contributed by atoms with Crippen LogP contribution in [0.1, 0.15) is 68.7 Å². The molecule has 0 fully saturated rings. The standard InChI is InChI=1S/C22H39N/c1-12-18(8)22(11,16(5)6)23-20(10)19(9)21(13-2)14-17(7)15(3)4/h14-16,19,21,23H,1,10,13H2,2-9,11H3/b17-14+. The van der Waals surface area contributed by atoms with Gasteiger partial charge in [-0.1, -0.05) is 66.3 Å². The van der Waals surface area contributed by atoms with Crippen molar-refractivity contribution in [2.45, 2.75) is 74.3 Å². The first kappa shape index (κ1) is 21.8. The number of allylic oxidation sites excluding steroid dienone is 3. The van der Waals surface area contributed by atoms with Crippen LogP contribution < -0.4 is 5.32 Å². The molecule has 3 unspecified atom stereocenters. The van der Waals surface area contributed by atoms with Crippen molar-refractivity contribution in [3.8, 4) is 0 Å². The van der Waals surface area contributed by atoms with Crippen LogP contribution in [0.25, 0.3) is 0 Å². The molecule has 0 amide bonds. The van der Waals surface area contributed by atoms with Crippen molar-refractivity contribution >= 4 is 0 Å². The Kier molecular flexibility index (Phi) is 8.70. The van der Waals surface area contributed by atoms with Gasteiger partial charge >= 0.3 is 0 Å². The van der Waals surface area contributed by atoms with Gasteiger partial charge in [-0.25, -0.2) is 0 Å². The Morgan fingerprint density at radius 2 is 1.70 bits per heavy atom. The highest BCUT2D eigenvalue weighted by Crippen LogP contribution is 2.30. The van der Waals surface area contributed by atoms with Gasteiger partial charge in [-0.05, 0) is 50.5 Å². The zero-order valence-corrected chi connectivity index (χ0v) is 17.0. The molecule has 132 valence electrons. The number of nitrogens with one attached hydrogen (secondary N) is 1. The van der Waals surface area contributed by atoms with Gasteiger partial charge in [0.15, 0.2) is 0 Å². The van der Waals surface area contributed by atoms with E-state index in [2.05, 4.69) is 92.6 Å². The Balaban J connectivity index is 5.35. The van der Waals surface area contributed by atoms with E-state index in [0.717, 1.165) is 17.7 Å². The zero-order chi connectivity index (χ0) is 18.4. The third-order valence-corrected chi connectivity index (χ3v) is 5.67. The molecule has 23 heavy (non-hydrogen) atoms. The van der Waals surface area contributed by atoms with Crippen molar-refractivity contribution in [1.29, 1.82) is 0 Å². The van der Waals surface area contributed by atoms with E-state index in [1.165, 1.54) is 5.57 Å². The first-order chi connectivity index (χ1) is 10.5. The molecule has 0 aliphatic heterocycles. The lowest BCUT2D eigenvalue weighted by Crippen LogP contribution is -2.48. The maximum absolute atomic E-state index is 4.36. The maximum atomic E-state index is 4.36. The number of hydrogen-bond acceptors (Lipinski definition) is 1. The fourth-order valence-corrected chi connectivity index (χ4v) is 2.71. The molecule has 0 bridgehead atoms.